The summed E-state index contributed by atoms with van der Waals surface area (Å²) in [5.74, 6) is 0.600. The van der Waals surface area contributed by atoms with Crippen LogP contribution in [0.4, 0.5) is 23.7 Å². The number of rotatable bonds is 6. The molecule has 0 saturated heterocycles. The second-order valence-corrected chi connectivity index (χ2v) is 7.07. The standard InChI is InChI=1S/C24H23F3N2O2/c1-17(19-7-4-3-5-8-19)29(16-18-11-13-20(14-12-18)24(25,26)27)23(30)28-21-9-6-10-22(15-21)31-2/h3-15,17H,16H2,1-2H3,(H,28,30). The molecule has 1 unspecified atom stereocenters. The lowest BCUT2D eigenvalue weighted by Crippen LogP contribution is -2.36. The van der Waals surface area contributed by atoms with Crippen LogP contribution in [0.1, 0.15) is 29.7 Å². The van der Waals surface area contributed by atoms with Crippen LogP contribution in [-0.4, -0.2) is 18.0 Å². The number of urea groups is 1. The van der Waals surface area contributed by atoms with Gasteiger partial charge in [0.1, 0.15) is 5.75 Å². The van der Waals surface area contributed by atoms with Gasteiger partial charge in [0.15, 0.2) is 0 Å². The number of anilines is 1. The van der Waals surface area contributed by atoms with Crippen LogP contribution in [0.5, 0.6) is 5.75 Å². The molecule has 0 fully saturated rings. The minimum atomic E-state index is -4.40. The molecule has 0 radical (unpaired) electrons. The molecule has 3 rings (SSSR count). The average molecular weight is 428 g/mol. The van der Waals surface area contributed by atoms with E-state index < -0.39 is 11.7 Å². The van der Waals surface area contributed by atoms with E-state index in [1.54, 1.807) is 29.2 Å². The Balaban J connectivity index is 1.86. The highest BCUT2D eigenvalue weighted by Gasteiger charge is 2.30. The van der Waals surface area contributed by atoms with Crippen molar-refractivity contribution >= 4 is 11.7 Å². The highest BCUT2D eigenvalue weighted by atomic mass is 19.4. The normalized spacial score (nSPS) is 12.2. The molecule has 0 aliphatic carbocycles. The summed E-state index contributed by atoms with van der Waals surface area (Å²) in [5.41, 5.74) is 1.34. The summed E-state index contributed by atoms with van der Waals surface area (Å²) in [4.78, 5) is 14.7. The summed E-state index contributed by atoms with van der Waals surface area (Å²) in [6, 6.07) is 20.6. The van der Waals surface area contributed by atoms with E-state index in [4.69, 9.17) is 4.74 Å². The first kappa shape index (κ1) is 22.2. The summed E-state index contributed by atoms with van der Waals surface area (Å²) < 4.78 is 43.8. The smallest absolute Gasteiger partial charge is 0.416 e. The van der Waals surface area contributed by atoms with Crippen LogP contribution in [-0.2, 0) is 12.7 Å². The van der Waals surface area contributed by atoms with E-state index in [2.05, 4.69) is 5.32 Å². The van der Waals surface area contributed by atoms with Crippen LogP contribution < -0.4 is 10.1 Å². The Labute approximate surface area is 179 Å². The fourth-order valence-electron chi connectivity index (χ4n) is 3.19. The van der Waals surface area contributed by atoms with Gasteiger partial charge in [0.05, 0.1) is 18.7 Å². The van der Waals surface area contributed by atoms with Gasteiger partial charge >= 0.3 is 12.2 Å². The molecule has 0 aliphatic heterocycles. The van der Waals surface area contributed by atoms with Crippen molar-refractivity contribution in [3.05, 3.63) is 95.6 Å². The molecule has 3 aromatic rings. The van der Waals surface area contributed by atoms with Gasteiger partial charge in [-0.15, -0.1) is 0 Å². The predicted octanol–water partition coefficient (Wildman–Crippen LogP) is 6.51. The number of methoxy groups -OCH3 is 1. The minimum absolute atomic E-state index is 0.143. The molecule has 0 heterocycles. The highest BCUT2D eigenvalue weighted by molar-refractivity contribution is 5.89. The lowest BCUT2D eigenvalue weighted by molar-refractivity contribution is -0.137. The first-order valence-corrected chi connectivity index (χ1v) is 9.70. The Bertz CT molecular complexity index is 1010. The zero-order chi connectivity index (χ0) is 22.4. The summed E-state index contributed by atoms with van der Waals surface area (Å²) in [5, 5.41) is 2.85. The molecule has 4 nitrogen and oxygen atoms in total. The number of ether oxygens (including phenoxy) is 1. The maximum Gasteiger partial charge on any atom is 0.416 e. The first-order valence-electron chi connectivity index (χ1n) is 9.70. The first-order chi connectivity index (χ1) is 14.8. The van der Waals surface area contributed by atoms with E-state index in [1.807, 2.05) is 37.3 Å². The summed E-state index contributed by atoms with van der Waals surface area (Å²) in [6.07, 6.45) is -4.40. The number of carbonyl (C=O) groups is 1. The third-order valence-electron chi connectivity index (χ3n) is 4.97. The fraction of sp³-hybridized carbons (Fsp3) is 0.208. The number of alkyl halides is 3. The summed E-state index contributed by atoms with van der Waals surface area (Å²) in [6.45, 7) is 2.02. The number of halogens is 3. The molecule has 0 aliphatic rings. The number of nitrogens with one attached hydrogen (secondary N) is 1. The van der Waals surface area contributed by atoms with Gasteiger partial charge in [0.2, 0.25) is 0 Å². The van der Waals surface area contributed by atoms with Gasteiger partial charge in [-0.25, -0.2) is 4.79 Å². The van der Waals surface area contributed by atoms with Gasteiger partial charge in [-0.05, 0) is 42.3 Å². The van der Waals surface area contributed by atoms with Crippen LogP contribution in [0.25, 0.3) is 0 Å². The molecular weight excluding hydrogens is 405 g/mol. The van der Waals surface area contributed by atoms with E-state index in [1.165, 1.54) is 19.2 Å². The molecule has 162 valence electrons. The van der Waals surface area contributed by atoms with Crippen molar-refractivity contribution in [1.29, 1.82) is 0 Å². The molecular formula is C24H23F3N2O2. The molecule has 1 atom stereocenters. The van der Waals surface area contributed by atoms with Crippen LogP contribution in [0, 0.1) is 0 Å². The Morgan fingerprint density at radius 3 is 2.29 bits per heavy atom. The van der Waals surface area contributed by atoms with E-state index in [0.29, 0.717) is 17.0 Å². The van der Waals surface area contributed by atoms with Gasteiger partial charge in [0.25, 0.3) is 0 Å². The van der Waals surface area contributed by atoms with Crippen LogP contribution in [0.15, 0.2) is 78.9 Å². The van der Waals surface area contributed by atoms with Crippen molar-refractivity contribution in [2.45, 2.75) is 25.7 Å². The maximum absolute atomic E-state index is 13.2. The molecule has 3 aromatic carbocycles. The van der Waals surface area contributed by atoms with Crippen molar-refractivity contribution in [2.24, 2.45) is 0 Å². The number of hydrogen-bond acceptors (Lipinski definition) is 2. The number of nitrogens with zero attached hydrogens (tertiary/aromatic N) is 1. The van der Waals surface area contributed by atoms with E-state index in [0.717, 1.165) is 17.7 Å². The topological polar surface area (TPSA) is 41.6 Å². The van der Waals surface area contributed by atoms with Gasteiger partial charge in [0, 0.05) is 18.3 Å². The van der Waals surface area contributed by atoms with Crippen molar-refractivity contribution in [3.8, 4) is 5.75 Å². The minimum Gasteiger partial charge on any atom is -0.497 e. The number of carbonyl (C=O) groups excluding carboxylic acids is 1. The molecule has 2 amide bonds. The summed E-state index contributed by atoms with van der Waals surface area (Å²) in [7, 11) is 1.54. The Morgan fingerprint density at radius 1 is 1.00 bits per heavy atom. The van der Waals surface area contributed by atoms with E-state index >= 15 is 0 Å². The predicted molar refractivity (Wildman–Crippen MR) is 114 cm³/mol. The van der Waals surface area contributed by atoms with Crippen LogP contribution in [0.3, 0.4) is 0 Å². The fourth-order valence-corrected chi connectivity index (χ4v) is 3.19. The molecule has 0 saturated carbocycles. The zero-order valence-electron chi connectivity index (χ0n) is 17.2. The van der Waals surface area contributed by atoms with E-state index in [-0.39, 0.29) is 18.6 Å². The van der Waals surface area contributed by atoms with Crippen molar-refractivity contribution in [1.82, 2.24) is 4.90 Å². The third-order valence-corrected chi connectivity index (χ3v) is 4.97. The summed E-state index contributed by atoms with van der Waals surface area (Å²) >= 11 is 0. The lowest BCUT2D eigenvalue weighted by Gasteiger charge is -2.30. The van der Waals surface area contributed by atoms with Gasteiger partial charge < -0.3 is 15.0 Å². The second-order valence-electron chi connectivity index (χ2n) is 7.07. The van der Waals surface area contributed by atoms with Gasteiger partial charge in [-0.2, -0.15) is 13.2 Å². The number of hydrogen-bond donors (Lipinski definition) is 1. The second kappa shape index (κ2) is 9.55. The largest absolute Gasteiger partial charge is 0.497 e. The van der Waals surface area contributed by atoms with Crippen molar-refractivity contribution in [3.63, 3.8) is 0 Å². The van der Waals surface area contributed by atoms with Gasteiger partial charge in [-0.3, -0.25) is 0 Å². The van der Waals surface area contributed by atoms with Crippen LogP contribution >= 0.6 is 0 Å². The Hall–Kier alpha value is -3.48. The molecule has 31 heavy (non-hydrogen) atoms. The van der Waals surface area contributed by atoms with Crippen LogP contribution in [0.2, 0.25) is 0 Å². The number of benzene rings is 3. The Morgan fingerprint density at radius 2 is 1.68 bits per heavy atom. The molecule has 0 bridgehead atoms. The SMILES string of the molecule is COc1cccc(NC(=O)N(Cc2ccc(C(F)(F)F)cc2)C(C)c2ccccc2)c1. The maximum atomic E-state index is 13.2. The third kappa shape index (κ3) is 5.78. The highest BCUT2D eigenvalue weighted by Crippen LogP contribution is 2.30. The monoisotopic (exact) mass is 428 g/mol. The quantitative estimate of drug-likeness (QED) is 0.486. The molecule has 1 N–H and O–H groups in total. The Kier molecular flexibility index (Phi) is 6.84. The molecule has 7 heteroatoms. The zero-order valence-corrected chi connectivity index (χ0v) is 17.2. The van der Waals surface area contributed by atoms with E-state index in [9.17, 15) is 18.0 Å². The number of amides is 2. The molecule has 0 aromatic heterocycles. The average Bonchev–Trinajstić information content (AvgIpc) is 2.77. The lowest BCUT2D eigenvalue weighted by atomic mass is 10.1. The van der Waals surface area contributed by atoms with Crippen molar-refractivity contribution in [2.75, 3.05) is 12.4 Å². The van der Waals surface area contributed by atoms with Crippen molar-refractivity contribution < 1.29 is 22.7 Å². The molecule has 0 spiro atoms. The van der Waals surface area contributed by atoms with Gasteiger partial charge in [-0.1, -0.05) is 48.5 Å².